The summed E-state index contributed by atoms with van der Waals surface area (Å²) >= 11 is 0. The van der Waals surface area contributed by atoms with Crippen LogP contribution in [0.1, 0.15) is 49.2 Å². The lowest BCUT2D eigenvalue weighted by Gasteiger charge is -2.34. The summed E-state index contributed by atoms with van der Waals surface area (Å²) in [7, 11) is -2.65. The molecule has 1 saturated heterocycles. The lowest BCUT2D eigenvalue weighted by atomic mass is 9.91. The number of piperidine rings is 1. The second-order valence-corrected chi connectivity index (χ2v) is 9.77. The third-order valence-corrected chi connectivity index (χ3v) is 7.03. The van der Waals surface area contributed by atoms with E-state index in [-0.39, 0.29) is 17.9 Å². The van der Waals surface area contributed by atoms with Gasteiger partial charge in [0.15, 0.2) is 5.82 Å². The zero-order valence-corrected chi connectivity index (χ0v) is 16.0. The minimum atomic E-state index is -2.65. The molecular formula is C19H25N3O4S. The largest absolute Gasteiger partial charge is 0.481 e. The number of carboxylic acid groups (broad SMARTS) is 1. The number of hydrogen-bond acceptors (Lipinski definition) is 6. The molecule has 27 heavy (non-hydrogen) atoms. The molecule has 3 heterocycles. The number of nitrogens with zero attached hydrogens (tertiary/aromatic N) is 3. The smallest absolute Gasteiger partial charge is 0.303 e. The van der Waals surface area contributed by atoms with Crippen molar-refractivity contribution in [2.24, 2.45) is 5.92 Å². The number of fused-ring (bicyclic) bond motifs is 1. The van der Waals surface area contributed by atoms with E-state index in [0.717, 1.165) is 61.4 Å². The van der Waals surface area contributed by atoms with E-state index < -0.39 is 16.6 Å². The average molecular weight is 391 g/mol. The Morgan fingerprint density at radius 3 is 2.59 bits per heavy atom. The van der Waals surface area contributed by atoms with E-state index in [2.05, 4.69) is 9.88 Å². The van der Waals surface area contributed by atoms with Gasteiger partial charge in [-0.15, -0.1) is 0 Å². The standard InChI is InChI=1S/C19H25N3O4S/c23-17(24)6-1-3-13-7-9-22(10-8-13)19-15-11-27(25,26)12-16(15)20-18(21-19)14-4-2-5-14/h2,4-5,13,25-26H,1,3,6-12H2,(H,23,24). The lowest BCUT2D eigenvalue weighted by molar-refractivity contribution is -0.137. The van der Waals surface area contributed by atoms with Gasteiger partial charge in [-0.3, -0.25) is 13.9 Å². The van der Waals surface area contributed by atoms with Crippen LogP contribution in [0.15, 0.2) is 18.2 Å². The zero-order chi connectivity index (χ0) is 19.0. The molecule has 0 amide bonds. The van der Waals surface area contributed by atoms with Crippen molar-refractivity contribution < 1.29 is 19.0 Å². The molecule has 4 rings (SSSR count). The van der Waals surface area contributed by atoms with E-state index in [9.17, 15) is 13.9 Å². The zero-order valence-electron chi connectivity index (χ0n) is 15.2. The summed E-state index contributed by atoms with van der Waals surface area (Å²) < 4.78 is 20.4. The lowest BCUT2D eigenvalue weighted by Crippen LogP contribution is -2.35. The molecule has 1 fully saturated rings. The molecule has 1 aliphatic carbocycles. The number of aromatic nitrogens is 2. The van der Waals surface area contributed by atoms with E-state index in [0.29, 0.717) is 11.7 Å². The maximum absolute atomic E-state index is 10.7. The van der Waals surface area contributed by atoms with Gasteiger partial charge >= 0.3 is 5.97 Å². The highest BCUT2D eigenvalue weighted by Crippen LogP contribution is 2.54. The predicted octanol–water partition coefficient (Wildman–Crippen LogP) is 3.67. The Balaban J connectivity index is 1.49. The maximum atomic E-state index is 10.7. The SMILES string of the molecule is O=C(O)CCCC1CCN(c2nc(C3=CC=C3)nc3c2CS(O)(O)C3)CC1. The van der Waals surface area contributed by atoms with Crippen LogP contribution >= 0.6 is 10.6 Å². The van der Waals surface area contributed by atoms with Crippen LogP contribution in [0.3, 0.4) is 0 Å². The summed E-state index contributed by atoms with van der Waals surface area (Å²) in [6.45, 7) is 1.71. The van der Waals surface area contributed by atoms with Crippen LogP contribution in [-0.4, -0.2) is 43.2 Å². The van der Waals surface area contributed by atoms with Crippen LogP contribution in [0.4, 0.5) is 5.82 Å². The topological polar surface area (TPSA) is 107 Å². The van der Waals surface area contributed by atoms with Gasteiger partial charge in [0.05, 0.1) is 17.2 Å². The fraction of sp³-hybridized carbons (Fsp3) is 0.526. The van der Waals surface area contributed by atoms with Crippen molar-refractivity contribution in [1.82, 2.24) is 9.97 Å². The van der Waals surface area contributed by atoms with Gasteiger partial charge in [-0.05, 0) is 31.6 Å². The first-order valence-corrected chi connectivity index (χ1v) is 11.3. The third-order valence-electron chi connectivity index (χ3n) is 5.54. The third kappa shape index (κ3) is 4.02. The monoisotopic (exact) mass is 391 g/mol. The second kappa shape index (κ2) is 7.26. The van der Waals surface area contributed by atoms with Gasteiger partial charge in [0.1, 0.15) is 5.82 Å². The summed E-state index contributed by atoms with van der Waals surface area (Å²) in [5, 5.41) is 8.79. The van der Waals surface area contributed by atoms with Crippen LogP contribution < -0.4 is 4.90 Å². The number of carbonyl (C=O) groups is 1. The summed E-state index contributed by atoms with van der Waals surface area (Å²) in [4.78, 5) is 22.3. The van der Waals surface area contributed by atoms with Crippen molar-refractivity contribution in [3.63, 3.8) is 0 Å². The molecule has 0 bridgehead atoms. The van der Waals surface area contributed by atoms with Crippen LogP contribution in [0, 0.1) is 5.92 Å². The average Bonchev–Trinajstić information content (AvgIpc) is 2.87. The number of carboxylic acids is 1. The molecule has 146 valence electrons. The Labute approximate surface area is 160 Å². The van der Waals surface area contributed by atoms with E-state index in [1.165, 1.54) is 0 Å². The molecule has 3 N–H and O–H groups in total. The molecule has 3 aliphatic rings. The Morgan fingerprint density at radius 1 is 1.22 bits per heavy atom. The number of anilines is 1. The van der Waals surface area contributed by atoms with Crippen LogP contribution in [0.25, 0.3) is 5.57 Å². The molecule has 0 saturated carbocycles. The first kappa shape index (κ1) is 18.5. The summed E-state index contributed by atoms with van der Waals surface area (Å²) in [5.74, 6) is 1.78. The van der Waals surface area contributed by atoms with Crippen molar-refractivity contribution in [1.29, 1.82) is 0 Å². The van der Waals surface area contributed by atoms with Gasteiger partial charge < -0.3 is 10.0 Å². The van der Waals surface area contributed by atoms with Crippen LogP contribution in [0.5, 0.6) is 0 Å². The molecule has 0 atom stereocenters. The van der Waals surface area contributed by atoms with Gasteiger partial charge in [0.2, 0.25) is 0 Å². The number of rotatable bonds is 6. The Kier molecular flexibility index (Phi) is 4.96. The van der Waals surface area contributed by atoms with Crippen molar-refractivity contribution >= 4 is 28.0 Å². The number of hydrogen-bond donors (Lipinski definition) is 3. The van der Waals surface area contributed by atoms with E-state index in [1.807, 2.05) is 18.2 Å². The molecule has 1 aromatic heterocycles. The van der Waals surface area contributed by atoms with Gasteiger partial charge in [-0.1, -0.05) is 18.2 Å². The fourth-order valence-electron chi connectivity index (χ4n) is 3.99. The van der Waals surface area contributed by atoms with E-state index >= 15 is 0 Å². The molecule has 0 spiro atoms. The minimum Gasteiger partial charge on any atom is -0.481 e. The highest BCUT2D eigenvalue weighted by atomic mass is 32.3. The molecule has 0 aromatic carbocycles. The van der Waals surface area contributed by atoms with Gasteiger partial charge in [0, 0.05) is 30.6 Å². The van der Waals surface area contributed by atoms with Crippen LogP contribution in [0.2, 0.25) is 0 Å². The molecular weight excluding hydrogens is 366 g/mol. The van der Waals surface area contributed by atoms with E-state index in [1.54, 1.807) is 0 Å². The normalized spacial score (nSPS) is 22.1. The summed E-state index contributed by atoms with van der Waals surface area (Å²) in [5.41, 5.74) is 2.62. The van der Waals surface area contributed by atoms with E-state index in [4.69, 9.17) is 10.1 Å². The van der Waals surface area contributed by atoms with Crippen molar-refractivity contribution in [2.45, 2.75) is 43.6 Å². The fourth-order valence-corrected chi connectivity index (χ4v) is 5.53. The Hall–Kier alpha value is -1.90. The first-order valence-electron chi connectivity index (χ1n) is 9.40. The highest BCUT2D eigenvalue weighted by Gasteiger charge is 2.33. The molecule has 2 aliphatic heterocycles. The summed E-state index contributed by atoms with van der Waals surface area (Å²) in [6, 6.07) is 0. The molecule has 0 radical (unpaired) electrons. The predicted molar refractivity (Wildman–Crippen MR) is 106 cm³/mol. The molecule has 8 heteroatoms. The Bertz CT molecular complexity index is 813. The quantitative estimate of drug-likeness (QED) is 0.679. The van der Waals surface area contributed by atoms with Crippen molar-refractivity contribution in [3.05, 3.63) is 35.3 Å². The van der Waals surface area contributed by atoms with Crippen molar-refractivity contribution in [3.8, 4) is 0 Å². The molecule has 0 unspecified atom stereocenters. The van der Waals surface area contributed by atoms with Gasteiger partial charge in [-0.2, -0.15) is 10.6 Å². The Morgan fingerprint density at radius 2 is 1.96 bits per heavy atom. The maximum Gasteiger partial charge on any atom is 0.303 e. The van der Waals surface area contributed by atoms with Gasteiger partial charge in [-0.25, -0.2) is 9.97 Å². The number of aliphatic carboxylic acids is 1. The van der Waals surface area contributed by atoms with Crippen LogP contribution in [-0.2, 0) is 16.3 Å². The first-order chi connectivity index (χ1) is 12.9. The van der Waals surface area contributed by atoms with Crippen molar-refractivity contribution in [2.75, 3.05) is 18.0 Å². The highest BCUT2D eigenvalue weighted by molar-refractivity contribution is 8.23. The molecule has 1 aromatic rings. The van der Waals surface area contributed by atoms with Gasteiger partial charge in [0.25, 0.3) is 0 Å². The second-order valence-electron chi connectivity index (χ2n) is 7.58. The summed E-state index contributed by atoms with van der Waals surface area (Å²) in [6.07, 6.45) is 9.81. The number of allylic oxidation sites excluding steroid dienone is 4. The minimum absolute atomic E-state index is 0.216. The molecule has 7 nitrogen and oxygen atoms in total.